The Bertz CT molecular complexity index is 896. The number of aromatic nitrogens is 2. The first-order valence-electron chi connectivity index (χ1n) is 7.86. The molecule has 1 aromatic carbocycles. The molecule has 3 N–H and O–H groups in total. The normalized spacial score (nSPS) is 16.9. The molecule has 134 valence electrons. The maximum Gasteiger partial charge on any atom is 0.244 e. The maximum atomic E-state index is 12.9. The van der Waals surface area contributed by atoms with E-state index in [1.807, 2.05) is 0 Å². The number of sulfonamides is 1. The molecule has 0 atom stereocenters. The predicted molar refractivity (Wildman–Crippen MR) is 95.6 cm³/mol. The summed E-state index contributed by atoms with van der Waals surface area (Å²) >= 11 is 6.17. The molecule has 2 aromatic rings. The number of anilines is 1. The van der Waals surface area contributed by atoms with Crippen molar-refractivity contribution in [2.24, 2.45) is 0 Å². The number of rotatable bonds is 3. The zero-order valence-corrected chi connectivity index (χ0v) is 15.3. The van der Waals surface area contributed by atoms with Crippen LogP contribution in [0.4, 0.5) is 5.95 Å². The Morgan fingerprint density at radius 2 is 2.00 bits per heavy atom. The van der Waals surface area contributed by atoms with E-state index in [1.165, 1.54) is 10.4 Å². The highest BCUT2D eigenvalue weighted by molar-refractivity contribution is 7.89. The number of benzene rings is 1. The van der Waals surface area contributed by atoms with E-state index in [4.69, 9.17) is 17.3 Å². The average molecular weight is 383 g/mol. The molecule has 7 nitrogen and oxygen atoms in total. The van der Waals surface area contributed by atoms with Crippen molar-refractivity contribution in [3.63, 3.8) is 0 Å². The van der Waals surface area contributed by atoms with E-state index in [0.717, 1.165) is 0 Å². The van der Waals surface area contributed by atoms with E-state index >= 15 is 0 Å². The number of halogens is 1. The minimum atomic E-state index is -3.74. The van der Waals surface area contributed by atoms with Crippen molar-refractivity contribution in [1.29, 1.82) is 0 Å². The Labute approximate surface area is 151 Å². The van der Waals surface area contributed by atoms with E-state index in [9.17, 15) is 13.5 Å². The number of nitrogens with two attached hydrogens (primary N) is 1. The van der Waals surface area contributed by atoms with Gasteiger partial charge >= 0.3 is 0 Å². The van der Waals surface area contributed by atoms with E-state index in [1.54, 1.807) is 25.3 Å². The van der Waals surface area contributed by atoms with Gasteiger partial charge in [-0.2, -0.15) is 4.31 Å². The van der Waals surface area contributed by atoms with Crippen LogP contribution >= 0.6 is 11.6 Å². The zero-order valence-electron chi connectivity index (χ0n) is 13.7. The lowest BCUT2D eigenvalue weighted by Crippen LogP contribution is -2.40. The van der Waals surface area contributed by atoms with Crippen LogP contribution in [-0.4, -0.2) is 47.0 Å². The molecule has 1 aliphatic heterocycles. The highest BCUT2D eigenvalue weighted by Gasteiger charge is 2.30. The summed E-state index contributed by atoms with van der Waals surface area (Å²) in [5.74, 6) is 0.162. The standard InChI is InChI=1S/C16H19ClN4O3S/c1-10-13(9-19-16(18)20-10)11-2-3-14(17)15(8-11)25(23,24)21-6-4-12(22)5-7-21/h2-3,8-9,12,22H,4-7H2,1H3,(H2,18,19,20). The summed E-state index contributed by atoms with van der Waals surface area (Å²) in [7, 11) is -3.74. The summed E-state index contributed by atoms with van der Waals surface area (Å²) in [4.78, 5) is 8.12. The van der Waals surface area contributed by atoms with Gasteiger partial charge in [-0.3, -0.25) is 0 Å². The third-order valence-corrected chi connectivity index (χ3v) is 6.66. The third-order valence-electron chi connectivity index (χ3n) is 4.28. The number of nitrogen functional groups attached to an aromatic ring is 1. The smallest absolute Gasteiger partial charge is 0.244 e. The first kappa shape index (κ1) is 18.1. The highest BCUT2D eigenvalue weighted by atomic mass is 35.5. The lowest BCUT2D eigenvalue weighted by molar-refractivity contribution is 0.113. The minimum Gasteiger partial charge on any atom is -0.393 e. The monoisotopic (exact) mass is 382 g/mol. The van der Waals surface area contributed by atoms with Crippen molar-refractivity contribution in [3.05, 3.63) is 35.1 Å². The van der Waals surface area contributed by atoms with E-state index in [0.29, 0.717) is 29.7 Å². The predicted octanol–water partition coefficient (Wildman–Crippen LogP) is 1.83. The fraction of sp³-hybridized carbons (Fsp3) is 0.375. The minimum absolute atomic E-state index is 0.0410. The number of hydrogen-bond acceptors (Lipinski definition) is 6. The quantitative estimate of drug-likeness (QED) is 0.838. The summed E-state index contributed by atoms with van der Waals surface area (Å²) < 4.78 is 27.3. The third kappa shape index (κ3) is 3.62. The summed E-state index contributed by atoms with van der Waals surface area (Å²) in [5.41, 5.74) is 7.56. The molecule has 0 bridgehead atoms. The van der Waals surface area contributed by atoms with Gasteiger partial charge in [0.15, 0.2) is 0 Å². The molecular formula is C16H19ClN4O3S. The highest BCUT2D eigenvalue weighted by Crippen LogP contribution is 2.32. The van der Waals surface area contributed by atoms with Gasteiger partial charge in [-0.05, 0) is 37.5 Å². The number of aliphatic hydroxyl groups is 1. The molecule has 0 radical (unpaired) electrons. The SMILES string of the molecule is Cc1nc(N)ncc1-c1ccc(Cl)c(S(=O)(=O)N2CCC(O)CC2)c1. The fourth-order valence-corrected chi connectivity index (χ4v) is 4.83. The van der Waals surface area contributed by atoms with Crippen molar-refractivity contribution in [2.45, 2.75) is 30.8 Å². The molecule has 2 heterocycles. The molecule has 0 amide bonds. The van der Waals surface area contributed by atoms with Gasteiger partial charge in [0.2, 0.25) is 16.0 Å². The second-order valence-electron chi connectivity index (χ2n) is 6.01. The van der Waals surface area contributed by atoms with Gasteiger partial charge in [-0.1, -0.05) is 17.7 Å². The van der Waals surface area contributed by atoms with Crippen molar-refractivity contribution < 1.29 is 13.5 Å². The van der Waals surface area contributed by atoms with Gasteiger partial charge in [0.25, 0.3) is 0 Å². The van der Waals surface area contributed by atoms with Gasteiger partial charge in [-0.15, -0.1) is 0 Å². The van der Waals surface area contributed by atoms with Gasteiger partial charge < -0.3 is 10.8 Å². The van der Waals surface area contributed by atoms with E-state index < -0.39 is 16.1 Å². The Balaban J connectivity index is 2.02. The summed E-state index contributed by atoms with van der Waals surface area (Å²) in [5, 5.41) is 9.75. The molecule has 0 saturated carbocycles. The van der Waals surface area contributed by atoms with Crippen molar-refractivity contribution >= 4 is 27.6 Å². The van der Waals surface area contributed by atoms with Crippen LogP contribution in [0.1, 0.15) is 18.5 Å². The Morgan fingerprint density at radius 3 is 2.64 bits per heavy atom. The number of aliphatic hydroxyl groups excluding tert-OH is 1. The summed E-state index contributed by atoms with van der Waals surface area (Å²) in [6.07, 6.45) is 1.94. The van der Waals surface area contributed by atoms with Crippen LogP contribution in [0.25, 0.3) is 11.1 Å². The second-order valence-corrected chi connectivity index (χ2v) is 8.32. The molecule has 0 aliphatic carbocycles. The van der Waals surface area contributed by atoms with Crippen LogP contribution in [0.3, 0.4) is 0 Å². The molecule has 25 heavy (non-hydrogen) atoms. The molecule has 1 saturated heterocycles. The average Bonchev–Trinajstić information content (AvgIpc) is 2.56. The van der Waals surface area contributed by atoms with Crippen LogP contribution in [0, 0.1) is 6.92 Å². The first-order chi connectivity index (χ1) is 11.8. The Morgan fingerprint density at radius 1 is 1.32 bits per heavy atom. The van der Waals surface area contributed by atoms with Gasteiger partial charge in [0, 0.05) is 24.8 Å². The largest absolute Gasteiger partial charge is 0.393 e. The van der Waals surface area contributed by atoms with Gasteiger partial charge in [0.1, 0.15) is 4.90 Å². The second kappa shape index (κ2) is 6.87. The van der Waals surface area contributed by atoms with Crippen LogP contribution in [-0.2, 0) is 10.0 Å². The van der Waals surface area contributed by atoms with Crippen LogP contribution < -0.4 is 5.73 Å². The molecule has 0 unspecified atom stereocenters. The number of hydrogen-bond donors (Lipinski definition) is 2. The molecule has 1 aliphatic rings. The van der Waals surface area contributed by atoms with Gasteiger partial charge in [-0.25, -0.2) is 18.4 Å². The van der Waals surface area contributed by atoms with E-state index in [2.05, 4.69) is 9.97 Å². The topological polar surface area (TPSA) is 109 Å². The fourth-order valence-electron chi connectivity index (χ4n) is 2.86. The Kier molecular flexibility index (Phi) is 4.97. The van der Waals surface area contributed by atoms with Crippen molar-refractivity contribution in [2.75, 3.05) is 18.8 Å². The van der Waals surface area contributed by atoms with Crippen LogP contribution in [0.15, 0.2) is 29.3 Å². The van der Waals surface area contributed by atoms with Gasteiger partial charge in [0.05, 0.1) is 16.8 Å². The van der Waals surface area contributed by atoms with Crippen molar-refractivity contribution in [3.8, 4) is 11.1 Å². The maximum absolute atomic E-state index is 12.9. The molecular weight excluding hydrogens is 364 g/mol. The molecule has 0 spiro atoms. The number of aryl methyl sites for hydroxylation is 1. The lowest BCUT2D eigenvalue weighted by Gasteiger charge is -2.29. The number of piperidine rings is 1. The van der Waals surface area contributed by atoms with E-state index in [-0.39, 0.29) is 29.0 Å². The summed E-state index contributed by atoms with van der Waals surface area (Å²) in [6.45, 7) is 2.32. The Hall–Kier alpha value is -1.74. The molecule has 1 fully saturated rings. The molecule has 1 aromatic heterocycles. The zero-order chi connectivity index (χ0) is 18.2. The number of nitrogens with zero attached hydrogens (tertiary/aromatic N) is 3. The van der Waals surface area contributed by atoms with Crippen LogP contribution in [0.5, 0.6) is 0 Å². The van der Waals surface area contributed by atoms with Crippen molar-refractivity contribution in [1.82, 2.24) is 14.3 Å². The summed E-state index contributed by atoms with van der Waals surface area (Å²) in [6, 6.07) is 4.81. The molecule has 3 rings (SSSR count). The lowest BCUT2D eigenvalue weighted by atomic mass is 10.1. The first-order valence-corrected chi connectivity index (χ1v) is 9.68. The molecule has 9 heteroatoms. The van der Waals surface area contributed by atoms with Crippen LogP contribution in [0.2, 0.25) is 5.02 Å².